The molecule has 0 aliphatic heterocycles. The molecule has 0 bridgehead atoms. The molecule has 0 atom stereocenters. The quantitative estimate of drug-likeness (QED) is 0.642. The molecule has 0 unspecified atom stereocenters. The largest absolute Gasteiger partial charge is 0.491 e. The van der Waals surface area contributed by atoms with Gasteiger partial charge in [-0.3, -0.25) is 0 Å². The van der Waals surface area contributed by atoms with Crippen LogP contribution in [0.3, 0.4) is 0 Å². The minimum Gasteiger partial charge on any atom is -0.491 e. The van der Waals surface area contributed by atoms with Crippen molar-refractivity contribution in [1.82, 2.24) is 0 Å². The van der Waals surface area contributed by atoms with Gasteiger partial charge in [-0.1, -0.05) is 0 Å². The molecular weight excluding hydrogens is 342 g/mol. The molecule has 0 saturated carbocycles. The monoisotopic (exact) mass is 353 g/mol. The lowest BCUT2D eigenvalue weighted by Gasteiger charge is -2.10. The molecule has 0 radical (unpaired) electrons. The van der Waals surface area contributed by atoms with Gasteiger partial charge < -0.3 is 10.5 Å². The van der Waals surface area contributed by atoms with Crippen molar-refractivity contribution in [3.63, 3.8) is 0 Å². The Balaban J connectivity index is 2.60. The second kappa shape index (κ2) is 6.66. The number of benzene rings is 1. The minimum atomic E-state index is 0.713. The van der Waals surface area contributed by atoms with E-state index in [1.165, 1.54) is 0 Å². The number of anilines is 1. The van der Waals surface area contributed by atoms with Gasteiger partial charge in [0.25, 0.3) is 0 Å². The predicted molar refractivity (Wildman–Crippen MR) is 74.7 cm³/mol. The van der Waals surface area contributed by atoms with Crippen molar-refractivity contribution >= 4 is 49.3 Å². The van der Waals surface area contributed by atoms with Gasteiger partial charge in [0, 0.05) is 5.69 Å². The fraction of sp³-hybridized carbons (Fsp3) is 0.400. The lowest BCUT2D eigenvalue weighted by Crippen LogP contribution is -2.00. The molecule has 0 saturated heterocycles. The molecule has 84 valence electrons. The first kappa shape index (κ1) is 13.2. The first-order valence-electron chi connectivity index (χ1n) is 4.51. The van der Waals surface area contributed by atoms with Gasteiger partial charge in [0.2, 0.25) is 0 Å². The summed E-state index contributed by atoms with van der Waals surface area (Å²) in [6.45, 7) is 0.724. The zero-order valence-electron chi connectivity index (χ0n) is 8.43. The summed E-state index contributed by atoms with van der Waals surface area (Å²) < 4.78 is 7.44. The van der Waals surface area contributed by atoms with Gasteiger partial charge in [0.05, 0.1) is 15.6 Å². The highest BCUT2D eigenvalue weighted by molar-refractivity contribution is 9.11. The second-order valence-electron chi connectivity index (χ2n) is 3.01. The summed E-state index contributed by atoms with van der Waals surface area (Å²) >= 11 is 8.68. The van der Waals surface area contributed by atoms with Crippen LogP contribution in [-0.4, -0.2) is 18.6 Å². The number of ether oxygens (including phenoxy) is 1. The Hall–Kier alpha value is 0.130. The molecule has 0 aliphatic carbocycles. The predicted octanol–water partition coefficient (Wildman–Crippen LogP) is 3.93. The van der Waals surface area contributed by atoms with Crippen LogP contribution >= 0.6 is 43.6 Å². The van der Waals surface area contributed by atoms with Crippen LogP contribution in [0, 0.1) is 0 Å². The van der Waals surface area contributed by atoms with E-state index in [2.05, 4.69) is 38.1 Å². The third kappa shape index (κ3) is 4.25. The van der Waals surface area contributed by atoms with E-state index >= 15 is 0 Å². The van der Waals surface area contributed by atoms with E-state index in [0.717, 1.165) is 33.5 Å². The summed E-state index contributed by atoms with van der Waals surface area (Å²) in [7, 11) is 0. The normalized spacial score (nSPS) is 10.3. The molecule has 1 aromatic carbocycles. The van der Waals surface area contributed by atoms with Crippen LogP contribution in [0.5, 0.6) is 5.75 Å². The maximum atomic E-state index is 5.69. The van der Waals surface area contributed by atoms with E-state index in [-0.39, 0.29) is 0 Å². The Morgan fingerprint density at radius 2 is 1.93 bits per heavy atom. The Labute approximate surface area is 111 Å². The first-order chi connectivity index (χ1) is 7.15. The number of halogens is 2. The zero-order valence-corrected chi connectivity index (χ0v) is 12.4. The molecule has 15 heavy (non-hydrogen) atoms. The third-order valence-electron chi connectivity index (χ3n) is 1.76. The number of nitrogens with two attached hydrogens (primary N) is 1. The number of hydrogen-bond donors (Lipinski definition) is 1. The highest BCUT2D eigenvalue weighted by Gasteiger charge is 2.07. The van der Waals surface area contributed by atoms with Crippen LogP contribution in [0.1, 0.15) is 6.42 Å². The van der Waals surface area contributed by atoms with Crippen molar-refractivity contribution in [2.24, 2.45) is 0 Å². The number of rotatable bonds is 5. The number of hydrogen-bond acceptors (Lipinski definition) is 3. The van der Waals surface area contributed by atoms with Gasteiger partial charge in [0.15, 0.2) is 0 Å². The third-order valence-corrected chi connectivity index (χ3v) is 3.63. The Bertz CT molecular complexity index is 310. The molecule has 0 aromatic heterocycles. The molecule has 1 aromatic rings. The summed E-state index contributed by atoms with van der Waals surface area (Å²) in [5, 5.41) is 0. The zero-order chi connectivity index (χ0) is 11.3. The van der Waals surface area contributed by atoms with Crippen LogP contribution < -0.4 is 10.5 Å². The van der Waals surface area contributed by atoms with Crippen molar-refractivity contribution in [2.45, 2.75) is 6.42 Å². The molecule has 0 heterocycles. The molecule has 0 spiro atoms. The highest BCUT2D eigenvalue weighted by Crippen LogP contribution is 2.35. The fourth-order valence-electron chi connectivity index (χ4n) is 1.09. The van der Waals surface area contributed by atoms with Crippen molar-refractivity contribution in [3.05, 3.63) is 21.1 Å². The summed E-state index contributed by atoms with van der Waals surface area (Å²) in [5.41, 5.74) is 6.40. The summed E-state index contributed by atoms with van der Waals surface area (Å²) in [6.07, 6.45) is 3.14. The second-order valence-corrected chi connectivity index (χ2v) is 5.70. The van der Waals surface area contributed by atoms with Crippen LogP contribution in [0.2, 0.25) is 0 Å². The van der Waals surface area contributed by atoms with Crippen molar-refractivity contribution in [3.8, 4) is 5.75 Å². The van der Waals surface area contributed by atoms with Gasteiger partial charge in [-0.25, -0.2) is 0 Å². The Morgan fingerprint density at radius 1 is 1.33 bits per heavy atom. The smallest absolute Gasteiger partial charge is 0.147 e. The average Bonchev–Trinajstić information content (AvgIpc) is 2.15. The SMILES string of the molecule is CSCCCOc1c(Br)cc(N)cc1Br. The molecule has 0 aliphatic rings. The van der Waals surface area contributed by atoms with Gasteiger partial charge in [0.1, 0.15) is 5.75 Å². The molecular formula is C10H13Br2NOS. The Kier molecular flexibility index (Phi) is 5.86. The standard InChI is InChI=1S/C10H13Br2NOS/c1-15-4-2-3-14-10-8(11)5-7(13)6-9(10)12/h5-6H,2-4,13H2,1H3. The maximum Gasteiger partial charge on any atom is 0.147 e. The van der Waals surface area contributed by atoms with E-state index in [0.29, 0.717) is 5.69 Å². The molecule has 5 heteroatoms. The average molecular weight is 355 g/mol. The first-order valence-corrected chi connectivity index (χ1v) is 7.49. The summed E-state index contributed by atoms with van der Waals surface area (Å²) in [6, 6.07) is 3.68. The topological polar surface area (TPSA) is 35.2 Å². The van der Waals surface area contributed by atoms with Gasteiger partial charge in [-0.2, -0.15) is 11.8 Å². The summed E-state index contributed by atoms with van der Waals surface area (Å²) in [4.78, 5) is 0. The fourth-order valence-corrected chi connectivity index (χ4v) is 2.95. The van der Waals surface area contributed by atoms with E-state index in [4.69, 9.17) is 10.5 Å². The lowest BCUT2D eigenvalue weighted by molar-refractivity contribution is 0.315. The summed E-state index contributed by atoms with van der Waals surface area (Å²) in [5.74, 6) is 1.94. The molecule has 2 N–H and O–H groups in total. The van der Waals surface area contributed by atoms with E-state index < -0.39 is 0 Å². The molecule has 0 fully saturated rings. The van der Waals surface area contributed by atoms with E-state index in [1.54, 1.807) is 0 Å². The van der Waals surface area contributed by atoms with Crippen LogP contribution in [-0.2, 0) is 0 Å². The van der Waals surface area contributed by atoms with Gasteiger partial charge in [-0.15, -0.1) is 0 Å². The van der Waals surface area contributed by atoms with Gasteiger partial charge in [-0.05, 0) is 62.4 Å². The van der Waals surface area contributed by atoms with Crippen molar-refractivity contribution < 1.29 is 4.74 Å². The Morgan fingerprint density at radius 3 is 2.47 bits per heavy atom. The number of thioether (sulfide) groups is 1. The van der Waals surface area contributed by atoms with Crippen LogP contribution in [0.25, 0.3) is 0 Å². The van der Waals surface area contributed by atoms with E-state index in [1.807, 2.05) is 23.9 Å². The van der Waals surface area contributed by atoms with Gasteiger partial charge >= 0.3 is 0 Å². The van der Waals surface area contributed by atoms with Crippen LogP contribution in [0.15, 0.2) is 21.1 Å². The van der Waals surface area contributed by atoms with Crippen LogP contribution in [0.4, 0.5) is 5.69 Å². The maximum absolute atomic E-state index is 5.69. The lowest BCUT2D eigenvalue weighted by atomic mass is 10.3. The van der Waals surface area contributed by atoms with Crippen molar-refractivity contribution in [1.29, 1.82) is 0 Å². The van der Waals surface area contributed by atoms with E-state index in [9.17, 15) is 0 Å². The van der Waals surface area contributed by atoms with Crippen molar-refractivity contribution in [2.75, 3.05) is 24.3 Å². The molecule has 1 rings (SSSR count). The molecule has 0 amide bonds. The highest BCUT2D eigenvalue weighted by atomic mass is 79.9. The molecule has 2 nitrogen and oxygen atoms in total. The number of nitrogen functional groups attached to an aromatic ring is 1. The minimum absolute atomic E-state index is 0.713.